The van der Waals surface area contributed by atoms with Crippen LogP contribution in [0.4, 0.5) is 5.69 Å². The molecule has 0 unspecified atom stereocenters. The fourth-order valence-electron chi connectivity index (χ4n) is 2.26. The number of thiophene rings is 1. The summed E-state index contributed by atoms with van der Waals surface area (Å²) < 4.78 is 0. The molecule has 0 amide bonds. The zero-order valence-corrected chi connectivity index (χ0v) is 13.6. The molecule has 3 rings (SSSR count). The summed E-state index contributed by atoms with van der Waals surface area (Å²) in [4.78, 5) is 21.1. The number of hydrogen-bond donors (Lipinski definition) is 2. The van der Waals surface area contributed by atoms with Crippen molar-refractivity contribution in [3.63, 3.8) is 0 Å². The fourth-order valence-corrected chi connectivity index (χ4v) is 3.69. The summed E-state index contributed by atoms with van der Waals surface area (Å²) in [6.45, 7) is 1.91. The molecular weight excluding hydrogens is 318 g/mol. The highest BCUT2D eigenvalue weighted by atomic mass is 32.2. The number of nitrogens with two attached hydrogens (primary N) is 1. The molecule has 0 saturated carbocycles. The Morgan fingerprint density at radius 1 is 1.36 bits per heavy atom. The van der Waals surface area contributed by atoms with Gasteiger partial charge in [-0.15, -0.1) is 23.1 Å². The minimum absolute atomic E-state index is 0.120. The highest BCUT2D eigenvalue weighted by Gasteiger charge is 2.21. The molecule has 3 heterocycles. The summed E-state index contributed by atoms with van der Waals surface area (Å²) in [5.74, 6) is -1.03. The molecule has 0 aromatic carbocycles. The molecule has 22 heavy (non-hydrogen) atoms. The highest BCUT2D eigenvalue weighted by Crippen LogP contribution is 2.40. The summed E-state index contributed by atoms with van der Waals surface area (Å²) in [5, 5.41) is 10.8. The lowest BCUT2D eigenvalue weighted by atomic mass is 10.1. The van der Waals surface area contributed by atoms with Crippen molar-refractivity contribution in [3.05, 3.63) is 34.8 Å². The quantitative estimate of drug-likeness (QED) is 0.712. The zero-order chi connectivity index (χ0) is 15.9. The van der Waals surface area contributed by atoms with Gasteiger partial charge in [0.25, 0.3) is 0 Å². The van der Waals surface area contributed by atoms with Gasteiger partial charge in [0.15, 0.2) is 0 Å². The van der Waals surface area contributed by atoms with Gasteiger partial charge < -0.3 is 10.8 Å². The van der Waals surface area contributed by atoms with Crippen LogP contribution in [0.3, 0.4) is 0 Å². The van der Waals surface area contributed by atoms with Crippen molar-refractivity contribution in [3.8, 4) is 11.3 Å². The molecule has 0 aliphatic carbocycles. The van der Waals surface area contributed by atoms with Crippen molar-refractivity contribution < 1.29 is 9.90 Å². The number of nitrogen functional groups attached to an aromatic ring is 1. The van der Waals surface area contributed by atoms with E-state index in [1.165, 1.54) is 11.8 Å². The monoisotopic (exact) mass is 331 g/mol. The molecule has 0 aliphatic heterocycles. The molecule has 0 atom stereocenters. The Labute approximate surface area is 135 Å². The number of rotatable bonds is 3. The highest BCUT2D eigenvalue weighted by molar-refractivity contribution is 7.98. The van der Waals surface area contributed by atoms with Gasteiger partial charge in [-0.05, 0) is 31.4 Å². The van der Waals surface area contributed by atoms with Crippen molar-refractivity contribution in [1.82, 2.24) is 9.97 Å². The standard InChI is InChI=1S/C15H13N3O2S2/c1-7-4-3-5-9(17-7)8-6-10(21-2)18-14-11(8)12(16)13(22-14)15(19)20/h3-6H,16H2,1-2H3,(H,19,20). The summed E-state index contributed by atoms with van der Waals surface area (Å²) in [7, 11) is 0. The second-order valence-corrected chi connectivity index (χ2v) is 6.53. The van der Waals surface area contributed by atoms with E-state index in [2.05, 4.69) is 9.97 Å². The van der Waals surface area contributed by atoms with Crippen molar-refractivity contribution in [2.75, 3.05) is 12.0 Å². The molecule has 3 N–H and O–H groups in total. The number of thioether (sulfide) groups is 1. The Balaban J connectivity index is 2.39. The van der Waals surface area contributed by atoms with Gasteiger partial charge in [-0.25, -0.2) is 9.78 Å². The van der Waals surface area contributed by atoms with E-state index in [0.717, 1.165) is 33.3 Å². The Morgan fingerprint density at radius 2 is 2.14 bits per heavy atom. The van der Waals surface area contributed by atoms with Crippen LogP contribution >= 0.6 is 23.1 Å². The summed E-state index contributed by atoms with van der Waals surface area (Å²) in [6, 6.07) is 7.63. The number of aromatic carboxylic acids is 1. The van der Waals surface area contributed by atoms with Gasteiger partial charge in [-0.1, -0.05) is 6.07 Å². The Kier molecular flexibility index (Phi) is 3.76. The van der Waals surface area contributed by atoms with Crippen LogP contribution in [-0.2, 0) is 0 Å². The second-order valence-electron chi connectivity index (χ2n) is 4.71. The SMILES string of the molecule is CSc1cc(-c2cccc(C)n2)c2c(N)c(C(=O)O)sc2n1. The van der Waals surface area contributed by atoms with Gasteiger partial charge in [0, 0.05) is 16.6 Å². The number of nitrogens with zero attached hydrogens (tertiary/aromatic N) is 2. The number of pyridine rings is 2. The van der Waals surface area contributed by atoms with Crippen molar-refractivity contribution >= 4 is 45.0 Å². The Bertz CT molecular complexity index is 890. The van der Waals surface area contributed by atoms with E-state index in [1.807, 2.05) is 37.4 Å². The van der Waals surface area contributed by atoms with Crippen LogP contribution in [-0.4, -0.2) is 27.3 Å². The molecule has 7 heteroatoms. The first-order valence-electron chi connectivity index (χ1n) is 6.45. The normalized spacial score (nSPS) is 11.0. The molecule has 3 aromatic heterocycles. The predicted molar refractivity (Wildman–Crippen MR) is 90.7 cm³/mol. The van der Waals surface area contributed by atoms with Crippen LogP contribution in [0.2, 0.25) is 0 Å². The number of aryl methyl sites for hydroxylation is 1. The molecule has 0 saturated heterocycles. The average Bonchev–Trinajstić information content (AvgIpc) is 2.83. The maximum Gasteiger partial charge on any atom is 0.348 e. The first-order valence-corrected chi connectivity index (χ1v) is 8.49. The van der Waals surface area contributed by atoms with E-state index < -0.39 is 5.97 Å². The number of hydrogen-bond acceptors (Lipinski definition) is 6. The molecule has 112 valence electrons. The molecule has 0 bridgehead atoms. The van der Waals surface area contributed by atoms with Crippen LogP contribution in [0.15, 0.2) is 29.3 Å². The molecule has 0 radical (unpaired) electrons. The molecule has 5 nitrogen and oxygen atoms in total. The smallest absolute Gasteiger partial charge is 0.348 e. The molecular formula is C15H13N3O2S2. The predicted octanol–water partition coefficient (Wildman–Crippen LogP) is 3.67. The molecule has 3 aromatic rings. The fraction of sp³-hybridized carbons (Fsp3) is 0.133. The molecule has 0 aliphatic rings. The maximum atomic E-state index is 11.3. The number of carboxylic acid groups (broad SMARTS) is 1. The van der Waals surface area contributed by atoms with E-state index in [-0.39, 0.29) is 10.6 Å². The number of anilines is 1. The van der Waals surface area contributed by atoms with Crippen LogP contribution in [0.25, 0.3) is 21.5 Å². The minimum Gasteiger partial charge on any atom is -0.477 e. The molecule has 0 spiro atoms. The topological polar surface area (TPSA) is 89.1 Å². The van der Waals surface area contributed by atoms with E-state index in [0.29, 0.717) is 10.2 Å². The third-order valence-corrected chi connectivity index (χ3v) is 4.96. The largest absolute Gasteiger partial charge is 0.477 e. The van der Waals surface area contributed by atoms with Gasteiger partial charge in [-0.2, -0.15) is 0 Å². The first kappa shape index (κ1) is 14.8. The lowest BCUT2D eigenvalue weighted by Crippen LogP contribution is -1.98. The Morgan fingerprint density at radius 3 is 2.77 bits per heavy atom. The summed E-state index contributed by atoms with van der Waals surface area (Å²) >= 11 is 2.60. The van der Waals surface area contributed by atoms with Crippen molar-refractivity contribution in [2.45, 2.75) is 11.9 Å². The average molecular weight is 331 g/mol. The van der Waals surface area contributed by atoms with E-state index in [4.69, 9.17) is 5.73 Å². The van der Waals surface area contributed by atoms with Crippen molar-refractivity contribution in [1.29, 1.82) is 0 Å². The number of carbonyl (C=O) groups is 1. The lowest BCUT2D eigenvalue weighted by Gasteiger charge is -2.07. The summed E-state index contributed by atoms with van der Waals surface area (Å²) in [5.41, 5.74) is 8.79. The zero-order valence-electron chi connectivity index (χ0n) is 12.0. The van der Waals surface area contributed by atoms with Gasteiger partial charge >= 0.3 is 5.97 Å². The van der Waals surface area contributed by atoms with Gasteiger partial charge in [0.05, 0.1) is 16.4 Å². The van der Waals surface area contributed by atoms with E-state index in [1.54, 1.807) is 0 Å². The van der Waals surface area contributed by atoms with Crippen LogP contribution in [0, 0.1) is 6.92 Å². The number of fused-ring (bicyclic) bond motifs is 1. The maximum absolute atomic E-state index is 11.3. The molecule has 0 fully saturated rings. The van der Waals surface area contributed by atoms with E-state index in [9.17, 15) is 9.90 Å². The number of carboxylic acids is 1. The van der Waals surface area contributed by atoms with Crippen LogP contribution in [0.5, 0.6) is 0 Å². The van der Waals surface area contributed by atoms with Gasteiger partial charge in [0.2, 0.25) is 0 Å². The lowest BCUT2D eigenvalue weighted by molar-refractivity contribution is 0.0703. The van der Waals surface area contributed by atoms with Gasteiger partial charge in [0.1, 0.15) is 9.71 Å². The first-order chi connectivity index (χ1) is 10.5. The Hall–Kier alpha value is -2.12. The van der Waals surface area contributed by atoms with Crippen LogP contribution < -0.4 is 5.73 Å². The van der Waals surface area contributed by atoms with Crippen molar-refractivity contribution in [2.24, 2.45) is 0 Å². The number of aromatic nitrogens is 2. The summed E-state index contributed by atoms with van der Waals surface area (Å²) in [6.07, 6.45) is 1.93. The minimum atomic E-state index is -1.03. The third-order valence-electron chi connectivity index (χ3n) is 3.24. The second kappa shape index (κ2) is 5.58. The van der Waals surface area contributed by atoms with Gasteiger partial charge in [-0.3, -0.25) is 4.98 Å². The van der Waals surface area contributed by atoms with Crippen LogP contribution in [0.1, 0.15) is 15.4 Å². The van der Waals surface area contributed by atoms with E-state index >= 15 is 0 Å². The third kappa shape index (κ3) is 2.42.